The molecule has 0 bridgehead atoms. The van der Waals surface area contributed by atoms with Crippen LogP contribution in [0.2, 0.25) is 0 Å². The van der Waals surface area contributed by atoms with Gasteiger partial charge in [0.1, 0.15) is 0 Å². The average molecular weight is 343 g/mol. The van der Waals surface area contributed by atoms with Gasteiger partial charge in [-0.1, -0.05) is 30.3 Å². The van der Waals surface area contributed by atoms with Crippen LogP contribution in [0.4, 0.5) is 4.79 Å². The molecule has 1 aromatic carbocycles. The van der Waals surface area contributed by atoms with Crippen molar-refractivity contribution in [2.45, 2.75) is 34.2 Å². The first kappa shape index (κ1) is 18.4. The highest BCUT2D eigenvalue weighted by molar-refractivity contribution is 6.03. The molecule has 0 radical (unpaired) electrons. The minimum Gasteiger partial charge on any atom is -0.434 e. The number of carbonyl (C=O) groups is 3. The van der Waals surface area contributed by atoms with Gasteiger partial charge in [0.15, 0.2) is 5.78 Å². The van der Waals surface area contributed by atoms with E-state index in [2.05, 4.69) is 4.74 Å². The molecule has 0 spiro atoms. The highest BCUT2D eigenvalue weighted by atomic mass is 16.7. The van der Waals surface area contributed by atoms with E-state index in [0.717, 1.165) is 5.56 Å². The summed E-state index contributed by atoms with van der Waals surface area (Å²) in [6.45, 7) is 7.01. The number of hydrogen-bond donors (Lipinski definition) is 0. The first-order valence-corrected chi connectivity index (χ1v) is 8.00. The lowest BCUT2D eigenvalue weighted by atomic mass is 10.1. The number of rotatable bonds is 5. The second-order valence-electron chi connectivity index (χ2n) is 5.63. The van der Waals surface area contributed by atoms with Crippen molar-refractivity contribution in [2.24, 2.45) is 0 Å². The smallest absolute Gasteiger partial charge is 0.434 e. The van der Waals surface area contributed by atoms with Gasteiger partial charge in [0, 0.05) is 19.2 Å². The number of ketones is 1. The fourth-order valence-corrected chi connectivity index (χ4v) is 2.89. The Kier molecular flexibility index (Phi) is 5.75. The van der Waals surface area contributed by atoms with Gasteiger partial charge < -0.3 is 14.0 Å². The van der Waals surface area contributed by atoms with Crippen LogP contribution in [0.15, 0.2) is 30.3 Å². The van der Waals surface area contributed by atoms with Gasteiger partial charge in [-0.25, -0.2) is 9.59 Å². The van der Waals surface area contributed by atoms with Crippen molar-refractivity contribution in [3.05, 3.63) is 58.4 Å². The topological polar surface area (TPSA) is 74.6 Å². The monoisotopic (exact) mass is 343 g/mol. The predicted molar refractivity (Wildman–Crippen MR) is 91.9 cm³/mol. The molecule has 0 aliphatic heterocycles. The molecule has 0 N–H and O–H groups in total. The fraction of sp³-hybridized carbons (Fsp3) is 0.316. The number of benzene rings is 1. The zero-order chi connectivity index (χ0) is 18.6. The third kappa shape index (κ3) is 3.96. The third-order valence-corrected chi connectivity index (χ3v) is 3.93. The minimum atomic E-state index is -1.05. The van der Waals surface area contributed by atoms with Crippen LogP contribution in [0.5, 0.6) is 0 Å². The van der Waals surface area contributed by atoms with Crippen molar-refractivity contribution in [2.75, 3.05) is 6.61 Å². The zero-order valence-corrected chi connectivity index (χ0v) is 14.8. The summed E-state index contributed by atoms with van der Waals surface area (Å²) in [4.78, 5) is 35.9. The van der Waals surface area contributed by atoms with E-state index in [0.29, 0.717) is 23.5 Å². The van der Waals surface area contributed by atoms with E-state index in [1.165, 1.54) is 6.92 Å². The van der Waals surface area contributed by atoms with Gasteiger partial charge in [0.05, 0.1) is 17.9 Å². The van der Waals surface area contributed by atoms with Gasteiger partial charge in [0.25, 0.3) is 0 Å². The first-order valence-electron chi connectivity index (χ1n) is 8.00. The molecule has 6 nitrogen and oxygen atoms in total. The van der Waals surface area contributed by atoms with Crippen LogP contribution >= 0.6 is 0 Å². The van der Waals surface area contributed by atoms with Crippen LogP contribution in [0.3, 0.4) is 0 Å². The Bertz CT molecular complexity index is 805. The van der Waals surface area contributed by atoms with Gasteiger partial charge in [-0.3, -0.25) is 4.79 Å². The summed E-state index contributed by atoms with van der Waals surface area (Å²) < 4.78 is 11.1. The molecule has 6 heteroatoms. The number of hydrogen-bond acceptors (Lipinski definition) is 5. The van der Waals surface area contributed by atoms with E-state index >= 15 is 0 Å². The van der Waals surface area contributed by atoms with E-state index < -0.39 is 12.1 Å². The molecule has 25 heavy (non-hydrogen) atoms. The molecular weight excluding hydrogens is 322 g/mol. The molecule has 0 amide bonds. The van der Waals surface area contributed by atoms with Crippen LogP contribution in [0.25, 0.3) is 0 Å². The summed E-state index contributed by atoms with van der Waals surface area (Å²) >= 11 is 0. The molecule has 0 saturated heterocycles. The van der Waals surface area contributed by atoms with Crippen LogP contribution in [-0.2, 0) is 16.0 Å². The molecule has 0 fully saturated rings. The highest BCUT2D eigenvalue weighted by Crippen LogP contribution is 2.25. The van der Waals surface area contributed by atoms with E-state index in [1.54, 1.807) is 25.3 Å². The molecule has 132 valence electrons. The minimum absolute atomic E-state index is 0.109. The Morgan fingerprint density at radius 2 is 1.72 bits per heavy atom. The lowest BCUT2D eigenvalue weighted by molar-refractivity contribution is 0.0400. The van der Waals surface area contributed by atoms with Crippen molar-refractivity contribution in [1.82, 2.24) is 4.57 Å². The molecule has 1 aromatic heterocycles. The number of esters is 1. The summed E-state index contributed by atoms with van der Waals surface area (Å²) in [6.07, 6.45) is -1.05. The van der Waals surface area contributed by atoms with Crippen LogP contribution in [0.1, 0.15) is 51.5 Å². The summed E-state index contributed by atoms with van der Waals surface area (Å²) in [5.74, 6) is -0.977. The fourth-order valence-electron chi connectivity index (χ4n) is 2.89. The van der Waals surface area contributed by atoms with E-state index in [-0.39, 0.29) is 18.0 Å². The molecule has 2 rings (SSSR count). The van der Waals surface area contributed by atoms with E-state index in [4.69, 9.17) is 4.74 Å². The third-order valence-electron chi connectivity index (χ3n) is 3.93. The maximum atomic E-state index is 12.4. The molecule has 0 saturated carbocycles. The molecule has 0 aliphatic carbocycles. The van der Waals surface area contributed by atoms with Gasteiger partial charge >= 0.3 is 12.1 Å². The van der Waals surface area contributed by atoms with Crippen molar-refractivity contribution in [3.63, 3.8) is 0 Å². The van der Waals surface area contributed by atoms with Crippen molar-refractivity contribution in [1.29, 1.82) is 0 Å². The number of nitrogens with zero attached hydrogens (tertiary/aromatic N) is 1. The molecule has 0 aliphatic rings. The number of Topliss-reactive ketones (excluding diaryl/α,β-unsaturated/α-hetero) is 1. The molecule has 1 heterocycles. The Balaban J connectivity index is 2.45. The van der Waals surface area contributed by atoms with E-state index in [1.807, 2.05) is 30.3 Å². The van der Waals surface area contributed by atoms with Crippen molar-refractivity contribution >= 4 is 17.9 Å². The summed E-state index contributed by atoms with van der Waals surface area (Å²) in [5.41, 5.74) is 2.70. The maximum Gasteiger partial charge on any atom is 0.516 e. The Hall–Kier alpha value is -2.89. The van der Waals surface area contributed by atoms with Gasteiger partial charge in [0.2, 0.25) is 0 Å². The lowest BCUT2D eigenvalue weighted by Gasteiger charge is -2.10. The first-order chi connectivity index (χ1) is 11.9. The largest absolute Gasteiger partial charge is 0.516 e. The normalized spacial score (nSPS) is 10.4. The Labute approximate surface area is 146 Å². The average Bonchev–Trinajstić information content (AvgIpc) is 2.79. The van der Waals surface area contributed by atoms with Crippen molar-refractivity contribution in [3.8, 4) is 0 Å². The van der Waals surface area contributed by atoms with Gasteiger partial charge in [-0.2, -0.15) is 0 Å². The highest BCUT2D eigenvalue weighted by Gasteiger charge is 2.27. The molecule has 0 unspecified atom stereocenters. The summed E-state index contributed by atoms with van der Waals surface area (Å²) in [5, 5.41) is 0. The number of ether oxygens (including phenoxy) is 2. The number of carbonyl (C=O) groups excluding carboxylic acids is 3. The second kappa shape index (κ2) is 7.79. The van der Waals surface area contributed by atoms with Crippen LogP contribution in [-0.4, -0.2) is 29.1 Å². The van der Waals surface area contributed by atoms with Gasteiger partial charge in [-0.15, -0.1) is 0 Å². The van der Waals surface area contributed by atoms with Crippen LogP contribution < -0.4 is 0 Å². The summed E-state index contributed by atoms with van der Waals surface area (Å²) in [6, 6.07) is 9.60. The Morgan fingerprint density at radius 1 is 1.08 bits per heavy atom. The summed E-state index contributed by atoms with van der Waals surface area (Å²) in [7, 11) is 0. The lowest BCUT2D eigenvalue weighted by Crippen LogP contribution is -2.15. The maximum absolute atomic E-state index is 12.4. The van der Waals surface area contributed by atoms with Crippen molar-refractivity contribution < 1.29 is 23.9 Å². The molecule has 0 atom stereocenters. The SMILES string of the molecule is CCOC(=O)OC(=O)c1c(C)c(C(C)=O)n(Cc2ccccc2)c1C. The predicted octanol–water partition coefficient (Wildman–Crippen LogP) is 3.67. The van der Waals surface area contributed by atoms with Crippen LogP contribution in [0, 0.1) is 13.8 Å². The Morgan fingerprint density at radius 3 is 2.28 bits per heavy atom. The molecular formula is C19H21NO5. The number of aromatic nitrogens is 1. The van der Waals surface area contributed by atoms with Gasteiger partial charge in [-0.05, 0) is 31.9 Å². The molecule has 2 aromatic rings. The van der Waals surface area contributed by atoms with E-state index in [9.17, 15) is 14.4 Å². The second-order valence-corrected chi connectivity index (χ2v) is 5.63. The zero-order valence-electron chi connectivity index (χ0n) is 14.8. The standard InChI is InChI=1S/C19H21NO5/c1-5-24-19(23)25-18(22)16-12(2)17(14(4)21)20(13(16)3)11-15-9-7-6-8-10-15/h6-10H,5,11H2,1-4H3. The quantitative estimate of drug-likeness (QED) is 0.470.